The van der Waals surface area contributed by atoms with Crippen molar-refractivity contribution in [1.29, 1.82) is 0 Å². The van der Waals surface area contributed by atoms with E-state index >= 15 is 0 Å². The van der Waals surface area contributed by atoms with Gasteiger partial charge >= 0.3 is 5.97 Å². The third-order valence-corrected chi connectivity index (χ3v) is 6.96. The average Bonchev–Trinajstić information content (AvgIpc) is 3.65. The van der Waals surface area contributed by atoms with Crippen molar-refractivity contribution in [3.8, 4) is 0 Å². The Morgan fingerprint density at radius 2 is 1.60 bits per heavy atom. The maximum atomic E-state index is 13.5. The molecule has 3 amide bonds. The van der Waals surface area contributed by atoms with Crippen LogP contribution in [0.1, 0.15) is 29.7 Å². The van der Waals surface area contributed by atoms with Crippen LogP contribution in [0.4, 0.5) is 0 Å². The number of imidazole rings is 1. The zero-order valence-corrected chi connectivity index (χ0v) is 22.0. The van der Waals surface area contributed by atoms with Crippen molar-refractivity contribution in [3.05, 3.63) is 90.0 Å². The first-order valence-corrected chi connectivity index (χ1v) is 13.3. The second kappa shape index (κ2) is 13.5. The number of aromatic amines is 1. The number of rotatable bonds is 12. The summed E-state index contributed by atoms with van der Waals surface area (Å²) in [6.07, 6.45) is 4.46. The summed E-state index contributed by atoms with van der Waals surface area (Å²) in [6.45, 7) is 0.389. The Bertz CT molecular complexity index is 1280. The highest BCUT2D eigenvalue weighted by Gasteiger charge is 2.38. The number of hydrogen-bond donors (Lipinski definition) is 5. The van der Waals surface area contributed by atoms with E-state index in [9.17, 15) is 24.3 Å². The molecule has 1 aliphatic heterocycles. The first-order chi connectivity index (χ1) is 19.3. The van der Waals surface area contributed by atoms with Crippen LogP contribution in [0.15, 0.2) is 73.2 Å². The molecule has 1 saturated heterocycles. The molecule has 2 aromatic carbocycles. The molecule has 2 heterocycles. The highest BCUT2D eigenvalue weighted by molar-refractivity contribution is 5.94. The molecular formula is C29H34N6O5. The zero-order valence-electron chi connectivity index (χ0n) is 22.0. The number of nitrogens with zero attached hydrogens (tertiary/aromatic N) is 2. The van der Waals surface area contributed by atoms with Crippen LogP contribution in [-0.4, -0.2) is 74.4 Å². The normalized spacial score (nSPS) is 17.0. The summed E-state index contributed by atoms with van der Waals surface area (Å²) in [5, 5.41) is 15.0. The molecule has 4 unspecified atom stereocenters. The first kappa shape index (κ1) is 28.5. The molecule has 3 aromatic rings. The van der Waals surface area contributed by atoms with E-state index < -0.39 is 42.0 Å². The number of carboxylic acid groups (broad SMARTS) is 1. The summed E-state index contributed by atoms with van der Waals surface area (Å²) in [5.74, 6) is -2.65. The lowest BCUT2D eigenvalue weighted by Crippen LogP contribution is -2.57. The average molecular weight is 547 g/mol. The number of carboxylic acids is 1. The highest BCUT2D eigenvalue weighted by atomic mass is 16.4. The van der Waals surface area contributed by atoms with Crippen molar-refractivity contribution in [2.24, 2.45) is 5.73 Å². The van der Waals surface area contributed by atoms with Crippen LogP contribution in [-0.2, 0) is 38.4 Å². The molecule has 40 heavy (non-hydrogen) atoms. The van der Waals surface area contributed by atoms with Gasteiger partial charge in [0.2, 0.25) is 17.7 Å². The van der Waals surface area contributed by atoms with Gasteiger partial charge in [-0.15, -0.1) is 0 Å². The van der Waals surface area contributed by atoms with Crippen LogP contribution in [0.5, 0.6) is 0 Å². The van der Waals surface area contributed by atoms with Crippen LogP contribution in [0.2, 0.25) is 0 Å². The molecule has 11 heteroatoms. The molecule has 210 valence electrons. The SMILES string of the molecule is NC(Cc1ccccc1)C(=O)N1CCCC1C(=O)NC(Cc1ccccc1)C(=O)NC(Cc1cnc[nH]1)C(=O)O. The van der Waals surface area contributed by atoms with E-state index in [4.69, 9.17) is 5.73 Å². The van der Waals surface area contributed by atoms with Crippen molar-refractivity contribution in [2.75, 3.05) is 6.54 Å². The van der Waals surface area contributed by atoms with Gasteiger partial charge in [0.25, 0.3) is 0 Å². The van der Waals surface area contributed by atoms with Crippen LogP contribution in [0.3, 0.4) is 0 Å². The van der Waals surface area contributed by atoms with E-state index in [1.54, 1.807) is 0 Å². The topological polar surface area (TPSA) is 171 Å². The lowest BCUT2D eigenvalue weighted by molar-refractivity contribution is -0.143. The Hall–Kier alpha value is -4.51. The Labute approximate surface area is 232 Å². The van der Waals surface area contributed by atoms with Crippen molar-refractivity contribution in [3.63, 3.8) is 0 Å². The number of amides is 3. The van der Waals surface area contributed by atoms with Gasteiger partial charge in [0.15, 0.2) is 0 Å². The van der Waals surface area contributed by atoms with Crippen molar-refractivity contribution < 1.29 is 24.3 Å². The molecule has 11 nitrogen and oxygen atoms in total. The first-order valence-electron chi connectivity index (χ1n) is 13.3. The summed E-state index contributed by atoms with van der Waals surface area (Å²) in [4.78, 5) is 60.1. The minimum Gasteiger partial charge on any atom is -0.480 e. The fraction of sp³-hybridized carbons (Fsp3) is 0.345. The molecule has 4 rings (SSSR count). The third kappa shape index (κ3) is 7.54. The standard InChI is InChI=1S/C29H34N6O5/c30-22(14-19-8-3-1-4-9-19)28(38)35-13-7-12-25(35)27(37)33-23(15-20-10-5-2-6-11-20)26(36)34-24(29(39)40)16-21-17-31-18-32-21/h1-6,8-11,17-18,22-25H,7,12-16,30H2,(H,31,32)(H,33,37)(H,34,36)(H,39,40). The Kier molecular flexibility index (Phi) is 9.63. The number of hydrogen-bond acceptors (Lipinski definition) is 6. The number of carbonyl (C=O) groups excluding carboxylic acids is 3. The van der Waals surface area contributed by atoms with E-state index in [1.165, 1.54) is 17.4 Å². The fourth-order valence-electron chi connectivity index (χ4n) is 4.89. The smallest absolute Gasteiger partial charge is 0.326 e. The quantitative estimate of drug-likeness (QED) is 0.224. The van der Waals surface area contributed by atoms with Crippen LogP contribution < -0.4 is 16.4 Å². The van der Waals surface area contributed by atoms with Crippen LogP contribution in [0.25, 0.3) is 0 Å². The fourth-order valence-corrected chi connectivity index (χ4v) is 4.89. The summed E-state index contributed by atoms with van der Waals surface area (Å²) < 4.78 is 0. The lowest BCUT2D eigenvalue weighted by Gasteiger charge is -2.29. The minimum absolute atomic E-state index is 0.00269. The van der Waals surface area contributed by atoms with Gasteiger partial charge in [-0.2, -0.15) is 0 Å². The van der Waals surface area contributed by atoms with Gasteiger partial charge in [-0.25, -0.2) is 9.78 Å². The summed E-state index contributed by atoms with van der Waals surface area (Å²) in [7, 11) is 0. The van der Waals surface area contributed by atoms with Gasteiger partial charge in [-0.3, -0.25) is 14.4 Å². The van der Waals surface area contributed by atoms with Crippen molar-refractivity contribution in [1.82, 2.24) is 25.5 Å². The molecular weight excluding hydrogens is 512 g/mol. The second-order valence-corrected chi connectivity index (χ2v) is 9.92. The predicted octanol–water partition coefficient (Wildman–Crippen LogP) is 0.810. The van der Waals surface area contributed by atoms with Crippen LogP contribution >= 0.6 is 0 Å². The number of nitrogens with two attached hydrogens (primary N) is 1. The number of H-pyrrole nitrogens is 1. The van der Waals surface area contributed by atoms with E-state index in [-0.39, 0.29) is 18.7 Å². The molecule has 6 N–H and O–H groups in total. The van der Waals surface area contributed by atoms with Crippen molar-refractivity contribution >= 4 is 23.7 Å². The van der Waals surface area contributed by atoms with Crippen LogP contribution in [0, 0.1) is 0 Å². The summed E-state index contributed by atoms with van der Waals surface area (Å²) >= 11 is 0. The van der Waals surface area contributed by atoms with E-state index in [1.807, 2.05) is 60.7 Å². The Morgan fingerprint density at radius 3 is 2.20 bits per heavy atom. The molecule has 0 spiro atoms. The predicted molar refractivity (Wildman–Crippen MR) is 147 cm³/mol. The molecule has 1 aromatic heterocycles. The molecule has 4 atom stereocenters. The number of benzene rings is 2. The highest BCUT2D eigenvalue weighted by Crippen LogP contribution is 2.20. The maximum absolute atomic E-state index is 13.5. The number of likely N-dealkylation sites (tertiary alicyclic amines) is 1. The van der Waals surface area contributed by atoms with Crippen molar-refractivity contribution in [2.45, 2.75) is 56.3 Å². The molecule has 1 aliphatic rings. The van der Waals surface area contributed by atoms with E-state index in [2.05, 4.69) is 20.6 Å². The molecule has 0 bridgehead atoms. The number of carbonyl (C=O) groups is 4. The van der Waals surface area contributed by atoms with Gasteiger partial charge in [0, 0.05) is 31.3 Å². The lowest BCUT2D eigenvalue weighted by atomic mass is 10.0. The molecule has 0 aliphatic carbocycles. The van der Waals surface area contributed by atoms with Gasteiger partial charge in [-0.1, -0.05) is 60.7 Å². The minimum atomic E-state index is -1.23. The van der Waals surface area contributed by atoms with Gasteiger partial charge in [0.05, 0.1) is 12.4 Å². The van der Waals surface area contributed by atoms with Gasteiger partial charge in [0.1, 0.15) is 18.1 Å². The number of aliphatic carboxylic acids is 1. The summed E-state index contributed by atoms with van der Waals surface area (Å²) in [5.41, 5.74) is 8.48. The number of aromatic nitrogens is 2. The summed E-state index contributed by atoms with van der Waals surface area (Å²) in [6, 6.07) is 14.6. The largest absolute Gasteiger partial charge is 0.480 e. The molecule has 0 radical (unpaired) electrons. The second-order valence-electron chi connectivity index (χ2n) is 9.92. The van der Waals surface area contributed by atoms with E-state index in [0.717, 1.165) is 11.1 Å². The van der Waals surface area contributed by atoms with Gasteiger partial charge < -0.3 is 31.4 Å². The third-order valence-electron chi connectivity index (χ3n) is 6.96. The maximum Gasteiger partial charge on any atom is 0.326 e. The molecule has 0 saturated carbocycles. The Morgan fingerprint density at radius 1 is 0.950 bits per heavy atom. The zero-order chi connectivity index (χ0) is 28.5. The monoisotopic (exact) mass is 546 g/mol. The number of nitrogens with one attached hydrogen (secondary N) is 3. The van der Waals surface area contributed by atoms with Gasteiger partial charge in [-0.05, 0) is 30.4 Å². The Balaban J connectivity index is 1.46. The molecule has 1 fully saturated rings. The van der Waals surface area contributed by atoms with E-state index in [0.29, 0.717) is 31.5 Å².